The lowest BCUT2D eigenvalue weighted by Crippen LogP contribution is -1.95. The molecule has 0 radical (unpaired) electrons. The van der Waals surface area contributed by atoms with Crippen LogP contribution in [0.1, 0.15) is 17.7 Å². The molecule has 0 amide bonds. The molecule has 0 spiro atoms. The van der Waals surface area contributed by atoms with Crippen LogP contribution in [-0.2, 0) is 0 Å². The Morgan fingerprint density at radius 3 is 2.62 bits per heavy atom. The van der Waals surface area contributed by atoms with Gasteiger partial charge in [-0.05, 0) is 24.6 Å². The minimum atomic E-state index is -2.76. The molecule has 2 rings (SSSR count). The summed E-state index contributed by atoms with van der Waals surface area (Å²) in [7, 11) is 0. The van der Waals surface area contributed by atoms with E-state index in [1.165, 1.54) is 12.1 Å². The maximum atomic E-state index is 13.4. The number of pyridine rings is 1. The zero-order chi connectivity index (χ0) is 11.9. The lowest BCUT2D eigenvalue weighted by atomic mass is 10.1. The fourth-order valence-corrected chi connectivity index (χ4v) is 1.90. The van der Waals surface area contributed by atoms with E-state index in [-0.39, 0.29) is 10.5 Å². The van der Waals surface area contributed by atoms with Crippen molar-refractivity contribution in [3.63, 3.8) is 0 Å². The zero-order valence-electron chi connectivity index (χ0n) is 8.27. The topological polar surface area (TPSA) is 12.9 Å². The molecule has 5 heteroatoms. The van der Waals surface area contributed by atoms with Crippen molar-refractivity contribution < 1.29 is 13.2 Å². The molecule has 1 aromatic heterocycles. The molecule has 16 heavy (non-hydrogen) atoms. The largest absolute Gasteiger partial charge is 0.280 e. The third kappa shape index (κ3) is 1.73. The molecule has 1 aromatic carbocycles. The molecule has 0 aliphatic rings. The van der Waals surface area contributed by atoms with E-state index >= 15 is 0 Å². The van der Waals surface area contributed by atoms with Crippen molar-refractivity contribution in [3.8, 4) is 0 Å². The maximum absolute atomic E-state index is 13.4. The molecule has 0 saturated carbocycles. The molecule has 0 N–H and O–H groups in total. The number of aryl methyl sites for hydroxylation is 1. The third-order valence-electron chi connectivity index (χ3n) is 2.31. The van der Waals surface area contributed by atoms with E-state index in [2.05, 4.69) is 4.98 Å². The lowest BCUT2D eigenvalue weighted by molar-refractivity contribution is 0.146. The van der Waals surface area contributed by atoms with Crippen molar-refractivity contribution in [2.24, 2.45) is 0 Å². The highest BCUT2D eigenvalue weighted by Crippen LogP contribution is 2.30. The number of fused-ring (bicyclic) bond motifs is 1. The number of benzene rings is 1. The van der Waals surface area contributed by atoms with Crippen molar-refractivity contribution in [3.05, 3.63) is 40.3 Å². The minimum Gasteiger partial charge on any atom is -0.244 e. The van der Waals surface area contributed by atoms with Crippen molar-refractivity contribution in [2.75, 3.05) is 0 Å². The summed E-state index contributed by atoms with van der Waals surface area (Å²) in [6.45, 7) is 1.72. The van der Waals surface area contributed by atoms with Crippen molar-refractivity contribution in [1.82, 2.24) is 4.98 Å². The molecule has 0 unspecified atom stereocenters. The van der Waals surface area contributed by atoms with Gasteiger partial charge in [-0.2, -0.15) is 0 Å². The van der Waals surface area contributed by atoms with Gasteiger partial charge < -0.3 is 0 Å². The Balaban J connectivity index is 2.86. The first kappa shape index (κ1) is 11.2. The Kier molecular flexibility index (Phi) is 2.76. The number of nitrogens with zero attached hydrogens (tertiary/aromatic N) is 1. The normalized spacial score (nSPS) is 11.4. The number of aromatic nitrogens is 1. The average Bonchev–Trinajstić information content (AvgIpc) is 2.22. The summed E-state index contributed by atoms with van der Waals surface area (Å²) in [6.07, 6.45) is -2.76. The smallest absolute Gasteiger partial charge is 0.244 e. The summed E-state index contributed by atoms with van der Waals surface area (Å²) in [5.41, 5.74) is 0.0829. The minimum absolute atomic E-state index is 0.0947. The molecular formula is C11H7ClF3N. The standard InChI is InChI=1S/C11H7ClF3N/c1-5-2-3-7(13)10-9(5)6(12)4-8(16-10)11(14)15/h2-4,11H,1H3. The second-order valence-electron chi connectivity index (χ2n) is 3.42. The first-order valence-electron chi connectivity index (χ1n) is 4.54. The first-order valence-corrected chi connectivity index (χ1v) is 4.92. The Morgan fingerprint density at radius 1 is 1.31 bits per heavy atom. The number of hydrogen-bond donors (Lipinski definition) is 0. The highest BCUT2D eigenvalue weighted by Gasteiger charge is 2.15. The van der Waals surface area contributed by atoms with Crippen molar-refractivity contribution >= 4 is 22.5 Å². The van der Waals surface area contributed by atoms with Gasteiger partial charge in [0.25, 0.3) is 6.43 Å². The molecule has 0 saturated heterocycles. The van der Waals surface area contributed by atoms with Gasteiger partial charge in [-0.25, -0.2) is 18.2 Å². The van der Waals surface area contributed by atoms with Crippen LogP contribution in [0.15, 0.2) is 18.2 Å². The first-order chi connectivity index (χ1) is 7.50. The van der Waals surface area contributed by atoms with Crippen molar-refractivity contribution in [1.29, 1.82) is 0 Å². The quantitative estimate of drug-likeness (QED) is 0.731. The molecule has 1 heterocycles. The fourth-order valence-electron chi connectivity index (χ4n) is 1.55. The maximum Gasteiger partial charge on any atom is 0.280 e. The van der Waals surface area contributed by atoms with Crippen LogP contribution in [-0.4, -0.2) is 4.98 Å². The zero-order valence-corrected chi connectivity index (χ0v) is 9.02. The van der Waals surface area contributed by atoms with E-state index in [1.807, 2.05) is 0 Å². The highest BCUT2D eigenvalue weighted by molar-refractivity contribution is 6.35. The van der Waals surface area contributed by atoms with Gasteiger partial charge in [-0.1, -0.05) is 17.7 Å². The molecular weight excluding hydrogens is 239 g/mol. The number of halogens is 4. The molecule has 0 aliphatic carbocycles. The van der Waals surface area contributed by atoms with E-state index in [9.17, 15) is 13.2 Å². The SMILES string of the molecule is Cc1ccc(F)c2nc(C(F)F)cc(Cl)c12. The van der Waals surface area contributed by atoms with E-state index in [0.717, 1.165) is 6.07 Å². The third-order valence-corrected chi connectivity index (χ3v) is 2.61. The number of hydrogen-bond acceptors (Lipinski definition) is 1. The van der Waals surface area contributed by atoms with Crippen LogP contribution < -0.4 is 0 Å². The molecule has 1 nitrogen and oxygen atoms in total. The van der Waals surface area contributed by atoms with Gasteiger partial charge in [0, 0.05) is 5.39 Å². The molecule has 0 atom stereocenters. The van der Waals surface area contributed by atoms with Gasteiger partial charge >= 0.3 is 0 Å². The van der Waals surface area contributed by atoms with E-state index in [1.54, 1.807) is 6.92 Å². The predicted octanol–water partition coefficient (Wildman–Crippen LogP) is 4.27. The summed E-state index contributed by atoms with van der Waals surface area (Å²) in [5, 5.41) is 0.475. The Hall–Kier alpha value is -1.29. The van der Waals surface area contributed by atoms with Crippen LogP contribution in [0.2, 0.25) is 5.02 Å². The molecule has 84 valence electrons. The average molecular weight is 246 g/mol. The van der Waals surface area contributed by atoms with Gasteiger partial charge in [0.2, 0.25) is 0 Å². The molecule has 2 aromatic rings. The highest BCUT2D eigenvalue weighted by atomic mass is 35.5. The van der Waals surface area contributed by atoms with Crippen LogP contribution >= 0.6 is 11.6 Å². The van der Waals surface area contributed by atoms with Gasteiger partial charge in [0.1, 0.15) is 17.0 Å². The van der Waals surface area contributed by atoms with Gasteiger partial charge in [0.15, 0.2) is 0 Å². The second-order valence-corrected chi connectivity index (χ2v) is 3.82. The molecule has 0 fully saturated rings. The summed E-state index contributed by atoms with van der Waals surface area (Å²) in [6, 6.07) is 3.80. The Bertz CT molecular complexity index is 554. The van der Waals surface area contributed by atoms with E-state index in [0.29, 0.717) is 10.9 Å². The van der Waals surface area contributed by atoms with Gasteiger partial charge in [-0.15, -0.1) is 0 Å². The summed E-state index contributed by atoms with van der Waals surface area (Å²) < 4.78 is 38.4. The monoisotopic (exact) mass is 245 g/mol. The number of rotatable bonds is 1. The van der Waals surface area contributed by atoms with Crippen LogP contribution in [0.25, 0.3) is 10.9 Å². The van der Waals surface area contributed by atoms with Crippen LogP contribution in [0.5, 0.6) is 0 Å². The fraction of sp³-hybridized carbons (Fsp3) is 0.182. The van der Waals surface area contributed by atoms with Crippen LogP contribution in [0.3, 0.4) is 0 Å². The number of alkyl halides is 2. The molecule has 0 bridgehead atoms. The van der Waals surface area contributed by atoms with Gasteiger partial charge in [0.05, 0.1) is 5.02 Å². The van der Waals surface area contributed by atoms with E-state index < -0.39 is 17.9 Å². The van der Waals surface area contributed by atoms with Crippen LogP contribution in [0.4, 0.5) is 13.2 Å². The summed E-state index contributed by atoms with van der Waals surface area (Å²) >= 11 is 5.84. The van der Waals surface area contributed by atoms with Crippen molar-refractivity contribution in [2.45, 2.75) is 13.3 Å². The Labute approximate surface area is 94.9 Å². The molecule has 0 aliphatic heterocycles. The predicted molar refractivity (Wildman–Crippen MR) is 56.4 cm³/mol. The van der Waals surface area contributed by atoms with E-state index in [4.69, 9.17) is 11.6 Å². The summed E-state index contributed by atoms with van der Waals surface area (Å²) in [5.74, 6) is -0.648. The summed E-state index contributed by atoms with van der Waals surface area (Å²) in [4.78, 5) is 3.59. The lowest BCUT2D eigenvalue weighted by Gasteiger charge is -2.07. The van der Waals surface area contributed by atoms with Crippen LogP contribution in [0, 0.1) is 12.7 Å². The van der Waals surface area contributed by atoms with Gasteiger partial charge in [-0.3, -0.25) is 0 Å². The Morgan fingerprint density at radius 2 is 2.00 bits per heavy atom. The second kappa shape index (κ2) is 3.94.